The summed E-state index contributed by atoms with van der Waals surface area (Å²) in [5.41, 5.74) is 2.27. The van der Waals surface area contributed by atoms with Gasteiger partial charge in [0, 0.05) is 23.2 Å². The van der Waals surface area contributed by atoms with Gasteiger partial charge in [0.25, 0.3) is 0 Å². The maximum Gasteiger partial charge on any atom is 0.306 e. The van der Waals surface area contributed by atoms with Crippen molar-refractivity contribution in [3.05, 3.63) is 64.8 Å². The highest BCUT2D eigenvalue weighted by atomic mass is 35.5. The van der Waals surface area contributed by atoms with Crippen LogP contribution in [0.2, 0.25) is 5.02 Å². The summed E-state index contributed by atoms with van der Waals surface area (Å²) >= 11 is 6.04. The van der Waals surface area contributed by atoms with Crippen molar-refractivity contribution in [3.63, 3.8) is 0 Å². The standard InChI is InChI=1S/C24H27ClFN3O3/c1-15(24(30)31)5-10-19-20(26)11-17(25)12-22(19)32-18-8-6-16(7-9-18)21-13-27-23(29(21)4)14-28(2)3/h6-9,11-13,15H,5,10,14H2,1-4H3,(H,30,31)/t15-/m1/s1. The third-order valence-corrected chi connectivity index (χ3v) is 5.51. The molecule has 8 heteroatoms. The lowest BCUT2D eigenvalue weighted by Gasteiger charge is -2.14. The highest BCUT2D eigenvalue weighted by molar-refractivity contribution is 6.30. The number of hydrogen-bond donors (Lipinski definition) is 1. The van der Waals surface area contributed by atoms with E-state index in [0.717, 1.165) is 23.6 Å². The van der Waals surface area contributed by atoms with Crippen LogP contribution in [0.5, 0.6) is 11.5 Å². The molecule has 0 spiro atoms. The van der Waals surface area contributed by atoms with E-state index in [2.05, 4.69) is 9.88 Å². The zero-order valence-electron chi connectivity index (χ0n) is 18.6. The van der Waals surface area contributed by atoms with Gasteiger partial charge in [-0.3, -0.25) is 4.79 Å². The Hall–Kier alpha value is -2.90. The molecule has 0 saturated heterocycles. The Balaban J connectivity index is 1.81. The molecule has 1 atom stereocenters. The highest BCUT2D eigenvalue weighted by Gasteiger charge is 2.17. The van der Waals surface area contributed by atoms with Gasteiger partial charge < -0.3 is 19.3 Å². The molecule has 0 aliphatic carbocycles. The average molecular weight is 460 g/mol. The Kier molecular flexibility index (Phi) is 7.53. The van der Waals surface area contributed by atoms with E-state index < -0.39 is 17.7 Å². The maximum atomic E-state index is 14.6. The molecule has 32 heavy (non-hydrogen) atoms. The van der Waals surface area contributed by atoms with E-state index in [1.54, 1.807) is 25.1 Å². The molecule has 3 aromatic rings. The van der Waals surface area contributed by atoms with Crippen LogP contribution in [0.3, 0.4) is 0 Å². The van der Waals surface area contributed by atoms with Gasteiger partial charge in [0.2, 0.25) is 0 Å². The van der Waals surface area contributed by atoms with E-state index in [1.807, 2.05) is 44.0 Å². The second-order valence-electron chi connectivity index (χ2n) is 8.13. The summed E-state index contributed by atoms with van der Waals surface area (Å²) in [4.78, 5) is 17.7. The minimum absolute atomic E-state index is 0.215. The van der Waals surface area contributed by atoms with E-state index in [9.17, 15) is 9.18 Å². The minimum Gasteiger partial charge on any atom is -0.481 e. The van der Waals surface area contributed by atoms with Crippen LogP contribution in [0.15, 0.2) is 42.6 Å². The first-order valence-corrected chi connectivity index (χ1v) is 10.7. The molecular formula is C24H27ClFN3O3. The van der Waals surface area contributed by atoms with Crippen molar-refractivity contribution in [2.24, 2.45) is 13.0 Å². The van der Waals surface area contributed by atoms with Crippen molar-refractivity contribution >= 4 is 17.6 Å². The SMILES string of the molecule is C[C@H](CCc1c(F)cc(Cl)cc1Oc1ccc(-c2cnc(CN(C)C)n2C)cc1)C(=O)O. The third-order valence-electron chi connectivity index (χ3n) is 5.29. The van der Waals surface area contributed by atoms with Gasteiger partial charge in [0.15, 0.2) is 0 Å². The predicted octanol–water partition coefficient (Wildman–Crippen LogP) is 5.39. The Morgan fingerprint density at radius 3 is 2.59 bits per heavy atom. The molecule has 1 N–H and O–H groups in total. The summed E-state index contributed by atoms with van der Waals surface area (Å²) in [6.07, 6.45) is 2.36. The fourth-order valence-electron chi connectivity index (χ4n) is 3.36. The Morgan fingerprint density at radius 1 is 1.28 bits per heavy atom. The van der Waals surface area contributed by atoms with Crippen LogP contribution in [-0.2, 0) is 24.8 Å². The first-order chi connectivity index (χ1) is 15.2. The van der Waals surface area contributed by atoms with Gasteiger partial charge in [0.05, 0.1) is 24.4 Å². The molecule has 0 fully saturated rings. The number of aromatic nitrogens is 2. The molecule has 6 nitrogen and oxygen atoms in total. The molecule has 170 valence electrons. The predicted molar refractivity (Wildman–Crippen MR) is 123 cm³/mol. The van der Waals surface area contributed by atoms with Crippen LogP contribution in [0, 0.1) is 11.7 Å². The van der Waals surface area contributed by atoms with E-state index in [4.69, 9.17) is 21.4 Å². The molecule has 1 aromatic heterocycles. The Morgan fingerprint density at radius 2 is 1.97 bits per heavy atom. The summed E-state index contributed by atoms with van der Waals surface area (Å²) < 4.78 is 22.6. The van der Waals surface area contributed by atoms with Crippen molar-refractivity contribution in [1.82, 2.24) is 14.5 Å². The topological polar surface area (TPSA) is 67.6 Å². The molecule has 0 saturated carbocycles. The molecule has 0 unspecified atom stereocenters. The summed E-state index contributed by atoms with van der Waals surface area (Å²) in [5.74, 6) is -0.243. The van der Waals surface area contributed by atoms with Crippen LogP contribution in [0.25, 0.3) is 11.3 Å². The molecule has 0 aliphatic heterocycles. The number of carboxylic acid groups (broad SMARTS) is 1. The number of benzene rings is 2. The molecule has 0 radical (unpaired) electrons. The smallest absolute Gasteiger partial charge is 0.306 e. The number of aliphatic carboxylic acids is 1. The Labute approximate surface area is 192 Å². The van der Waals surface area contributed by atoms with Crippen LogP contribution in [0.1, 0.15) is 24.7 Å². The van der Waals surface area contributed by atoms with Gasteiger partial charge in [-0.05, 0) is 63.3 Å². The zero-order valence-corrected chi connectivity index (χ0v) is 19.4. The summed E-state index contributed by atoms with van der Waals surface area (Å²) in [6, 6.07) is 10.2. The molecule has 2 aromatic carbocycles. The molecule has 0 aliphatic rings. The van der Waals surface area contributed by atoms with Crippen molar-refractivity contribution in [2.45, 2.75) is 26.3 Å². The molecule has 1 heterocycles. The van der Waals surface area contributed by atoms with Gasteiger partial charge in [0.1, 0.15) is 23.1 Å². The fourth-order valence-corrected chi connectivity index (χ4v) is 3.56. The van der Waals surface area contributed by atoms with E-state index in [1.165, 1.54) is 6.07 Å². The number of imidazole rings is 1. The van der Waals surface area contributed by atoms with E-state index in [-0.39, 0.29) is 17.2 Å². The number of hydrogen-bond acceptors (Lipinski definition) is 4. The monoisotopic (exact) mass is 459 g/mol. The Bertz CT molecular complexity index is 1100. The molecule has 3 rings (SSSR count). The van der Waals surface area contributed by atoms with Crippen molar-refractivity contribution in [1.29, 1.82) is 0 Å². The van der Waals surface area contributed by atoms with Crippen molar-refractivity contribution < 1.29 is 19.0 Å². The van der Waals surface area contributed by atoms with Gasteiger partial charge in [-0.15, -0.1) is 0 Å². The van der Waals surface area contributed by atoms with Gasteiger partial charge in [-0.1, -0.05) is 18.5 Å². The second kappa shape index (κ2) is 10.1. The van der Waals surface area contributed by atoms with Crippen LogP contribution in [0.4, 0.5) is 4.39 Å². The quantitative estimate of drug-likeness (QED) is 0.465. The zero-order chi connectivity index (χ0) is 23.4. The number of ether oxygens (including phenoxy) is 1. The first kappa shape index (κ1) is 23.8. The number of rotatable bonds is 9. The maximum absolute atomic E-state index is 14.6. The highest BCUT2D eigenvalue weighted by Crippen LogP contribution is 2.33. The number of carboxylic acids is 1. The van der Waals surface area contributed by atoms with Gasteiger partial charge >= 0.3 is 5.97 Å². The third kappa shape index (κ3) is 5.66. The largest absolute Gasteiger partial charge is 0.481 e. The van der Waals surface area contributed by atoms with Crippen molar-refractivity contribution in [2.75, 3.05) is 14.1 Å². The number of halogens is 2. The molecule has 0 amide bonds. The molecule has 0 bridgehead atoms. The van der Waals surface area contributed by atoms with Crippen molar-refractivity contribution in [3.8, 4) is 22.8 Å². The number of carbonyl (C=O) groups is 1. The van der Waals surface area contributed by atoms with Gasteiger partial charge in [-0.25, -0.2) is 9.37 Å². The second-order valence-corrected chi connectivity index (χ2v) is 8.56. The van der Waals surface area contributed by atoms with E-state index >= 15 is 0 Å². The fraction of sp³-hybridized carbons (Fsp3) is 0.333. The lowest BCUT2D eigenvalue weighted by atomic mass is 10.00. The molecular weight excluding hydrogens is 433 g/mol. The van der Waals surface area contributed by atoms with E-state index in [0.29, 0.717) is 17.7 Å². The summed E-state index contributed by atoms with van der Waals surface area (Å²) in [7, 11) is 5.97. The van der Waals surface area contributed by atoms with Crippen LogP contribution < -0.4 is 4.74 Å². The van der Waals surface area contributed by atoms with Crippen LogP contribution in [-0.4, -0.2) is 39.6 Å². The number of nitrogens with zero attached hydrogens (tertiary/aromatic N) is 3. The lowest BCUT2D eigenvalue weighted by Crippen LogP contribution is -2.14. The lowest BCUT2D eigenvalue weighted by molar-refractivity contribution is -0.141. The summed E-state index contributed by atoms with van der Waals surface area (Å²) in [5, 5.41) is 9.32. The average Bonchev–Trinajstić information content (AvgIpc) is 3.07. The normalized spacial score (nSPS) is 12.2. The van der Waals surface area contributed by atoms with Gasteiger partial charge in [-0.2, -0.15) is 0 Å². The summed E-state index contributed by atoms with van der Waals surface area (Å²) in [6.45, 7) is 2.33. The first-order valence-electron chi connectivity index (χ1n) is 10.3. The van der Waals surface area contributed by atoms with Crippen LogP contribution >= 0.6 is 11.6 Å². The minimum atomic E-state index is -0.915.